The average Bonchev–Trinajstić information content (AvgIpc) is 2.43. The van der Waals surface area contributed by atoms with Crippen LogP contribution in [0.2, 0.25) is 0 Å². The van der Waals surface area contributed by atoms with Crippen molar-refractivity contribution < 1.29 is 0 Å². The largest absolute Gasteiger partial charge is 0.330 e. The van der Waals surface area contributed by atoms with Crippen LogP contribution in [0, 0.1) is 6.92 Å². The monoisotopic (exact) mass is 223 g/mol. The van der Waals surface area contributed by atoms with E-state index >= 15 is 0 Å². The van der Waals surface area contributed by atoms with Gasteiger partial charge in [-0.25, -0.2) is 9.97 Å². The highest BCUT2D eigenvalue weighted by Gasteiger charge is 2.14. The summed E-state index contributed by atoms with van der Waals surface area (Å²) in [4.78, 5) is 9.07. The van der Waals surface area contributed by atoms with Crippen molar-refractivity contribution in [3.05, 3.63) is 22.8 Å². The molecule has 0 unspecified atom stereocenters. The maximum atomic E-state index is 5.62. The van der Waals surface area contributed by atoms with Gasteiger partial charge in [-0.2, -0.15) is 11.8 Å². The fourth-order valence-corrected chi connectivity index (χ4v) is 2.89. The molecule has 0 aromatic carbocycles. The normalized spacial score (nSPS) is 15.9. The van der Waals surface area contributed by atoms with Gasteiger partial charge in [-0.15, -0.1) is 0 Å². The molecule has 0 atom stereocenters. The molecule has 0 spiro atoms. The molecular weight excluding hydrogens is 206 g/mol. The summed E-state index contributed by atoms with van der Waals surface area (Å²) in [5.41, 5.74) is 9.43. The van der Waals surface area contributed by atoms with E-state index < -0.39 is 0 Å². The highest BCUT2D eigenvalue weighted by atomic mass is 32.2. The fourth-order valence-electron chi connectivity index (χ4n) is 2.00. The van der Waals surface area contributed by atoms with Crippen LogP contribution in [0.15, 0.2) is 0 Å². The average molecular weight is 223 g/mol. The summed E-state index contributed by atoms with van der Waals surface area (Å²) in [6.07, 6.45) is 3.08. The second kappa shape index (κ2) is 4.94. The predicted molar refractivity (Wildman–Crippen MR) is 64.3 cm³/mol. The number of hydrogen-bond acceptors (Lipinski definition) is 4. The van der Waals surface area contributed by atoms with Gasteiger partial charge in [0.1, 0.15) is 5.82 Å². The Morgan fingerprint density at radius 3 is 2.87 bits per heavy atom. The van der Waals surface area contributed by atoms with E-state index in [0.717, 1.165) is 25.1 Å². The summed E-state index contributed by atoms with van der Waals surface area (Å²) < 4.78 is 0. The van der Waals surface area contributed by atoms with E-state index in [1.807, 2.05) is 18.7 Å². The molecule has 0 fully saturated rings. The van der Waals surface area contributed by atoms with Crippen LogP contribution in [0.5, 0.6) is 0 Å². The van der Waals surface area contributed by atoms with E-state index in [1.54, 1.807) is 0 Å². The van der Waals surface area contributed by atoms with Gasteiger partial charge in [-0.05, 0) is 43.4 Å². The second-order valence-electron chi connectivity index (χ2n) is 3.79. The SMILES string of the molecule is Cc1nc(CCN)c2c(n1)CCSCC2. The lowest BCUT2D eigenvalue weighted by atomic mass is 10.0. The Morgan fingerprint density at radius 2 is 2.07 bits per heavy atom. The number of aromatic nitrogens is 2. The molecule has 0 amide bonds. The first kappa shape index (κ1) is 10.9. The van der Waals surface area contributed by atoms with Crippen LogP contribution in [-0.2, 0) is 19.3 Å². The molecule has 0 saturated carbocycles. The molecule has 1 aromatic rings. The zero-order chi connectivity index (χ0) is 10.7. The number of aryl methyl sites for hydroxylation is 2. The van der Waals surface area contributed by atoms with Crippen LogP contribution in [0.1, 0.15) is 22.8 Å². The number of rotatable bonds is 2. The summed E-state index contributed by atoms with van der Waals surface area (Å²) in [5, 5.41) is 0. The Labute approximate surface area is 94.9 Å². The minimum absolute atomic E-state index is 0.677. The molecule has 4 heteroatoms. The zero-order valence-corrected chi connectivity index (χ0v) is 9.94. The lowest BCUT2D eigenvalue weighted by molar-refractivity contribution is 0.826. The smallest absolute Gasteiger partial charge is 0.125 e. The van der Waals surface area contributed by atoms with E-state index in [1.165, 1.54) is 28.5 Å². The van der Waals surface area contributed by atoms with Gasteiger partial charge >= 0.3 is 0 Å². The van der Waals surface area contributed by atoms with Crippen LogP contribution in [-0.4, -0.2) is 28.0 Å². The summed E-state index contributed by atoms with van der Waals surface area (Å²) in [5.74, 6) is 3.27. The van der Waals surface area contributed by atoms with Crippen molar-refractivity contribution in [2.45, 2.75) is 26.2 Å². The third-order valence-corrected chi connectivity index (χ3v) is 3.64. The third-order valence-electron chi connectivity index (χ3n) is 2.65. The van der Waals surface area contributed by atoms with Gasteiger partial charge < -0.3 is 5.73 Å². The van der Waals surface area contributed by atoms with Gasteiger partial charge in [-0.3, -0.25) is 0 Å². The van der Waals surface area contributed by atoms with Crippen molar-refractivity contribution in [1.82, 2.24) is 9.97 Å². The maximum Gasteiger partial charge on any atom is 0.125 e. The molecule has 0 aliphatic carbocycles. The van der Waals surface area contributed by atoms with Crippen LogP contribution in [0.25, 0.3) is 0 Å². The highest BCUT2D eigenvalue weighted by Crippen LogP contribution is 2.21. The second-order valence-corrected chi connectivity index (χ2v) is 5.02. The number of hydrogen-bond donors (Lipinski definition) is 1. The number of fused-ring (bicyclic) bond motifs is 1. The molecule has 2 N–H and O–H groups in total. The molecule has 0 bridgehead atoms. The molecule has 0 radical (unpaired) electrons. The summed E-state index contributed by atoms with van der Waals surface area (Å²) in [6, 6.07) is 0. The number of thioether (sulfide) groups is 1. The molecule has 15 heavy (non-hydrogen) atoms. The Kier molecular flexibility index (Phi) is 3.59. The van der Waals surface area contributed by atoms with E-state index in [2.05, 4.69) is 9.97 Å². The molecule has 2 heterocycles. The van der Waals surface area contributed by atoms with Gasteiger partial charge in [0.05, 0.1) is 0 Å². The molecule has 3 nitrogen and oxygen atoms in total. The van der Waals surface area contributed by atoms with Crippen LogP contribution < -0.4 is 5.73 Å². The van der Waals surface area contributed by atoms with Crippen molar-refractivity contribution in [2.24, 2.45) is 5.73 Å². The van der Waals surface area contributed by atoms with Gasteiger partial charge in [0, 0.05) is 17.8 Å². The molecule has 82 valence electrons. The molecular formula is C11H17N3S. The van der Waals surface area contributed by atoms with Crippen molar-refractivity contribution in [1.29, 1.82) is 0 Å². The summed E-state index contributed by atoms with van der Waals surface area (Å²) in [6.45, 7) is 2.65. The Morgan fingerprint density at radius 1 is 1.27 bits per heavy atom. The first-order valence-electron chi connectivity index (χ1n) is 5.44. The Hall–Kier alpha value is -0.610. The Bertz CT molecular complexity index is 352. The van der Waals surface area contributed by atoms with E-state index in [0.29, 0.717) is 6.54 Å². The predicted octanol–water partition coefficient (Wildman–Crippen LogP) is 1.12. The summed E-state index contributed by atoms with van der Waals surface area (Å²) >= 11 is 2.01. The molecule has 1 aliphatic heterocycles. The quantitative estimate of drug-likeness (QED) is 0.816. The van der Waals surface area contributed by atoms with Crippen molar-refractivity contribution in [2.75, 3.05) is 18.1 Å². The standard InChI is InChI=1S/C11H17N3S/c1-8-13-10(2-5-12)9-3-6-15-7-4-11(9)14-8/h2-7,12H2,1H3. The topological polar surface area (TPSA) is 51.8 Å². The number of nitrogens with two attached hydrogens (primary N) is 1. The van der Waals surface area contributed by atoms with E-state index in [9.17, 15) is 0 Å². The molecule has 1 aromatic heterocycles. The van der Waals surface area contributed by atoms with Gasteiger partial charge in [0.25, 0.3) is 0 Å². The minimum Gasteiger partial charge on any atom is -0.330 e. The van der Waals surface area contributed by atoms with E-state index in [4.69, 9.17) is 5.73 Å². The molecule has 1 aliphatic rings. The fraction of sp³-hybridized carbons (Fsp3) is 0.636. The van der Waals surface area contributed by atoms with Crippen molar-refractivity contribution in [3.63, 3.8) is 0 Å². The first-order chi connectivity index (χ1) is 7.31. The van der Waals surface area contributed by atoms with Crippen LogP contribution in [0.3, 0.4) is 0 Å². The molecule has 0 saturated heterocycles. The lowest BCUT2D eigenvalue weighted by Gasteiger charge is -2.10. The van der Waals surface area contributed by atoms with Gasteiger partial charge in [0.2, 0.25) is 0 Å². The summed E-state index contributed by atoms with van der Waals surface area (Å²) in [7, 11) is 0. The van der Waals surface area contributed by atoms with Crippen LogP contribution >= 0.6 is 11.8 Å². The maximum absolute atomic E-state index is 5.62. The minimum atomic E-state index is 0.677. The Balaban J connectivity index is 2.40. The first-order valence-corrected chi connectivity index (χ1v) is 6.60. The van der Waals surface area contributed by atoms with Crippen LogP contribution in [0.4, 0.5) is 0 Å². The van der Waals surface area contributed by atoms with E-state index in [-0.39, 0.29) is 0 Å². The number of nitrogens with zero attached hydrogens (tertiary/aromatic N) is 2. The highest BCUT2D eigenvalue weighted by molar-refractivity contribution is 7.99. The van der Waals surface area contributed by atoms with Crippen molar-refractivity contribution in [3.8, 4) is 0 Å². The zero-order valence-electron chi connectivity index (χ0n) is 9.12. The van der Waals surface area contributed by atoms with Gasteiger partial charge in [0.15, 0.2) is 0 Å². The van der Waals surface area contributed by atoms with Crippen molar-refractivity contribution >= 4 is 11.8 Å². The lowest BCUT2D eigenvalue weighted by Crippen LogP contribution is -2.12. The molecule has 2 rings (SSSR count). The third kappa shape index (κ3) is 2.49. The van der Waals surface area contributed by atoms with Gasteiger partial charge in [-0.1, -0.05) is 0 Å².